The van der Waals surface area contributed by atoms with Crippen molar-refractivity contribution in [3.05, 3.63) is 40.9 Å². The van der Waals surface area contributed by atoms with E-state index in [1.165, 1.54) is 0 Å². The van der Waals surface area contributed by atoms with Gasteiger partial charge in [-0.2, -0.15) is 0 Å². The zero-order valence-corrected chi connectivity index (χ0v) is 13.3. The molecule has 0 bridgehead atoms. The Balaban J connectivity index is 1.62. The summed E-state index contributed by atoms with van der Waals surface area (Å²) in [6.45, 7) is -0.181. The van der Waals surface area contributed by atoms with Crippen LogP contribution in [0, 0.1) is 5.92 Å². The fourth-order valence-electron chi connectivity index (χ4n) is 2.38. The number of carbonyl (C=O) groups excluding carboxylic acids is 2. The van der Waals surface area contributed by atoms with Crippen LogP contribution in [0.1, 0.15) is 21.8 Å². The standard InChI is InChI=1S/C16H14N2O5S/c19-12-7-9(15(21)22)6-11-14(12)24-16(17-11)18-13(20)8-23-10-4-2-1-3-5-10/h1-5,9H,6-8H2,(H,21,22)(H,17,18,20)/t9-/m0/s1. The van der Waals surface area contributed by atoms with Gasteiger partial charge in [-0.3, -0.25) is 19.7 Å². The molecule has 0 radical (unpaired) electrons. The Kier molecular flexibility index (Phi) is 4.57. The number of hydrogen-bond acceptors (Lipinski definition) is 6. The Hall–Kier alpha value is -2.74. The van der Waals surface area contributed by atoms with Gasteiger partial charge >= 0.3 is 5.97 Å². The lowest BCUT2D eigenvalue weighted by molar-refractivity contribution is -0.141. The third-order valence-corrected chi connectivity index (χ3v) is 4.58. The Morgan fingerprint density at radius 1 is 1.29 bits per heavy atom. The second-order valence-corrected chi connectivity index (χ2v) is 6.31. The van der Waals surface area contributed by atoms with E-state index in [0.717, 1.165) is 11.3 Å². The number of anilines is 1. The lowest BCUT2D eigenvalue weighted by Gasteiger charge is -2.15. The predicted molar refractivity (Wildman–Crippen MR) is 86.5 cm³/mol. The van der Waals surface area contributed by atoms with Crippen molar-refractivity contribution in [3.8, 4) is 5.75 Å². The number of nitrogens with zero attached hydrogens (tertiary/aromatic N) is 1. The first-order chi connectivity index (χ1) is 11.5. The summed E-state index contributed by atoms with van der Waals surface area (Å²) in [5, 5.41) is 11.9. The van der Waals surface area contributed by atoms with Crippen LogP contribution in [0.2, 0.25) is 0 Å². The first-order valence-electron chi connectivity index (χ1n) is 7.26. The zero-order valence-electron chi connectivity index (χ0n) is 12.5. The second-order valence-electron chi connectivity index (χ2n) is 5.31. The number of fused-ring (bicyclic) bond motifs is 1. The monoisotopic (exact) mass is 346 g/mol. The highest BCUT2D eigenvalue weighted by Gasteiger charge is 2.33. The van der Waals surface area contributed by atoms with E-state index in [1.54, 1.807) is 24.3 Å². The van der Waals surface area contributed by atoms with Gasteiger partial charge in [0.1, 0.15) is 5.75 Å². The summed E-state index contributed by atoms with van der Waals surface area (Å²) in [7, 11) is 0. The van der Waals surface area contributed by atoms with Crippen molar-refractivity contribution >= 4 is 34.1 Å². The fourth-order valence-corrected chi connectivity index (χ4v) is 3.34. The molecule has 1 amide bonds. The third kappa shape index (κ3) is 3.60. The average molecular weight is 346 g/mol. The van der Waals surface area contributed by atoms with Crippen LogP contribution in [0.25, 0.3) is 0 Å². The SMILES string of the molecule is O=C(COc1ccccc1)Nc1nc2c(s1)C(=O)C[C@@H](C(=O)O)C2. The van der Waals surface area contributed by atoms with E-state index in [-0.39, 0.29) is 30.4 Å². The van der Waals surface area contributed by atoms with Crippen molar-refractivity contribution in [2.75, 3.05) is 11.9 Å². The second kappa shape index (κ2) is 6.79. The van der Waals surface area contributed by atoms with E-state index in [1.807, 2.05) is 6.07 Å². The van der Waals surface area contributed by atoms with Gasteiger partial charge in [-0.05, 0) is 12.1 Å². The third-order valence-electron chi connectivity index (χ3n) is 3.53. The van der Waals surface area contributed by atoms with Gasteiger partial charge < -0.3 is 9.84 Å². The molecule has 0 fully saturated rings. The maximum atomic E-state index is 12.0. The van der Waals surface area contributed by atoms with Gasteiger partial charge in [-0.25, -0.2) is 4.98 Å². The molecule has 1 aromatic carbocycles. The number of aromatic nitrogens is 1. The number of Topliss-reactive ketones (excluding diaryl/α,β-unsaturated/α-hetero) is 1. The lowest BCUT2D eigenvalue weighted by atomic mass is 9.90. The summed E-state index contributed by atoms with van der Waals surface area (Å²) in [5.74, 6) is -1.83. The van der Waals surface area contributed by atoms with Crippen molar-refractivity contribution in [1.82, 2.24) is 4.98 Å². The molecule has 2 N–H and O–H groups in total. The molecule has 7 nitrogen and oxygen atoms in total. The number of hydrogen-bond donors (Lipinski definition) is 2. The number of nitrogens with one attached hydrogen (secondary N) is 1. The van der Waals surface area contributed by atoms with E-state index in [0.29, 0.717) is 16.3 Å². The highest BCUT2D eigenvalue weighted by molar-refractivity contribution is 7.17. The number of ether oxygens (including phenoxy) is 1. The van der Waals surface area contributed by atoms with Crippen LogP contribution in [0.4, 0.5) is 5.13 Å². The molecule has 2 aromatic rings. The first kappa shape index (κ1) is 16.1. The molecule has 124 valence electrons. The Labute approximate surface area is 141 Å². The maximum absolute atomic E-state index is 12.0. The normalized spacial score (nSPS) is 16.3. The fraction of sp³-hybridized carbons (Fsp3) is 0.250. The highest BCUT2D eigenvalue weighted by atomic mass is 32.1. The molecule has 1 aliphatic carbocycles. The molecule has 8 heteroatoms. The number of carboxylic acid groups (broad SMARTS) is 1. The molecule has 1 aliphatic rings. The molecule has 0 unspecified atom stereocenters. The first-order valence-corrected chi connectivity index (χ1v) is 8.08. The molecule has 0 saturated carbocycles. The van der Waals surface area contributed by atoms with Crippen LogP contribution in [-0.2, 0) is 16.0 Å². The number of benzene rings is 1. The van der Waals surface area contributed by atoms with E-state index in [2.05, 4.69) is 10.3 Å². The van der Waals surface area contributed by atoms with Crippen LogP contribution in [0.5, 0.6) is 5.75 Å². The highest BCUT2D eigenvalue weighted by Crippen LogP contribution is 2.32. The molecular formula is C16H14N2O5S. The van der Waals surface area contributed by atoms with Crippen molar-refractivity contribution in [3.63, 3.8) is 0 Å². The number of carboxylic acids is 1. The summed E-state index contributed by atoms with van der Waals surface area (Å²) in [6.07, 6.45) is 0.165. The van der Waals surface area contributed by atoms with Gasteiger partial charge in [0.25, 0.3) is 5.91 Å². The van der Waals surface area contributed by atoms with Crippen LogP contribution in [0.15, 0.2) is 30.3 Å². The van der Waals surface area contributed by atoms with Gasteiger partial charge in [0.2, 0.25) is 0 Å². The minimum Gasteiger partial charge on any atom is -0.484 e. The minimum absolute atomic E-state index is 0.0327. The van der Waals surface area contributed by atoms with Gasteiger partial charge in [0.15, 0.2) is 17.5 Å². The molecule has 1 atom stereocenters. The molecule has 3 rings (SSSR count). The Bertz CT molecular complexity index is 787. The number of ketones is 1. The smallest absolute Gasteiger partial charge is 0.307 e. The topological polar surface area (TPSA) is 106 Å². The number of thiazole rings is 1. The molecule has 0 aliphatic heterocycles. The van der Waals surface area contributed by atoms with Gasteiger partial charge in [0, 0.05) is 12.8 Å². The summed E-state index contributed by atoms with van der Waals surface area (Å²) in [4.78, 5) is 39.5. The molecule has 0 spiro atoms. The summed E-state index contributed by atoms with van der Waals surface area (Å²) < 4.78 is 5.33. The predicted octanol–water partition coefficient (Wildman–Crippen LogP) is 1.99. The molecule has 1 heterocycles. The van der Waals surface area contributed by atoms with Crippen molar-refractivity contribution in [1.29, 1.82) is 0 Å². The quantitative estimate of drug-likeness (QED) is 0.858. The summed E-state index contributed by atoms with van der Waals surface area (Å²) >= 11 is 1.07. The molecule has 0 saturated heterocycles. The maximum Gasteiger partial charge on any atom is 0.307 e. The van der Waals surface area contributed by atoms with E-state index < -0.39 is 17.8 Å². The van der Waals surface area contributed by atoms with Crippen LogP contribution in [-0.4, -0.2) is 34.4 Å². The Morgan fingerprint density at radius 2 is 2.04 bits per heavy atom. The van der Waals surface area contributed by atoms with Crippen LogP contribution < -0.4 is 10.1 Å². The van der Waals surface area contributed by atoms with Crippen LogP contribution >= 0.6 is 11.3 Å². The number of rotatable bonds is 5. The molecule has 24 heavy (non-hydrogen) atoms. The average Bonchev–Trinajstić information content (AvgIpc) is 2.97. The van der Waals surface area contributed by atoms with E-state index in [4.69, 9.17) is 9.84 Å². The number of aliphatic carboxylic acids is 1. The van der Waals surface area contributed by atoms with Gasteiger partial charge in [-0.15, -0.1) is 0 Å². The molecular weight excluding hydrogens is 332 g/mol. The summed E-state index contributed by atoms with van der Waals surface area (Å²) in [5.41, 5.74) is 0.433. The lowest BCUT2D eigenvalue weighted by Crippen LogP contribution is -2.25. The Morgan fingerprint density at radius 3 is 2.75 bits per heavy atom. The summed E-state index contributed by atoms with van der Waals surface area (Å²) in [6, 6.07) is 8.91. The van der Waals surface area contributed by atoms with Crippen molar-refractivity contribution in [2.24, 2.45) is 5.92 Å². The van der Waals surface area contributed by atoms with Crippen molar-refractivity contribution < 1.29 is 24.2 Å². The molecule has 1 aromatic heterocycles. The van der Waals surface area contributed by atoms with Gasteiger partial charge in [-0.1, -0.05) is 29.5 Å². The van der Waals surface area contributed by atoms with Crippen molar-refractivity contribution in [2.45, 2.75) is 12.8 Å². The largest absolute Gasteiger partial charge is 0.484 e. The number of amides is 1. The minimum atomic E-state index is -1.01. The number of carbonyl (C=O) groups is 3. The van der Waals surface area contributed by atoms with E-state index >= 15 is 0 Å². The van der Waals surface area contributed by atoms with Crippen LogP contribution in [0.3, 0.4) is 0 Å². The zero-order chi connectivity index (χ0) is 17.1. The van der Waals surface area contributed by atoms with E-state index in [9.17, 15) is 14.4 Å². The van der Waals surface area contributed by atoms with Gasteiger partial charge in [0.05, 0.1) is 16.5 Å². The number of para-hydroxylation sites is 1.